The first kappa shape index (κ1) is 15.5. The smallest absolute Gasteiger partial charge is 0.434 e. The summed E-state index contributed by atoms with van der Waals surface area (Å²) >= 11 is 0. The largest absolute Gasteiger partial charge is 0.495 e. The molecule has 0 spiro atoms. The number of carbonyl (C=O) groups is 2. The molecule has 0 saturated carbocycles. The third-order valence-electron chi connectivity index (χ3n) is 2.21. The standard InChI is InChI=1S/C10H8F3NO6/c1-19-5-3(8(15)16)6(10(11,12)13)14-7(20-2)4(5)9(17)18/h1-2H3,(H,15,16)(H,17,18). The van der Waals surface area contributed by atoms with E-state index in [1.165, 1.54) is 0 Å². The van der Waals surface area contributed by atoms with Gasteiger partial charge in [0.15, 0.2) is 17.0 Å². The number of nitrogens with zero attached hydrogens (tertiary/aromatic N) is 1. The van der Waals surface area contributed by atoms with Crippen LogP contribution in [-0.4, -0.2) is 41.4 Å². The van der Waals surface area contributed by atoms with Gasteiger partial charge in [-0.25, -0.2) is 14.6 Å². The molecule has 1 rings (SSSR count). The molecule has 7 nitrogen and oxygen atoms in total. The lowest BCUT2D eigenvalue weighted by Gasteiger charge is -2.16. The summed E-state index contributed by atoms with van der Waals surface area (Å²) in [4.78, 5) is 24.9. The van der Waals surface area contributed by atoms with Crippen molar-refractivity contribution in [1.82, 2.24) is 4.98 Å². The molecule has 0 aliphatic carbocycles. The molecule has 0 atom stereocenters. The number of aromatic carboxylic acids is 2. The zero-order chi connectivity index (χ0) is 15.7. The molecular formula is C10H8F3NO6. The van der Waals surface area contributed by atoms with Crippen LogP contribution in [0.25, 0.3) is 0 Å². The van der Waals surface area contributed by atoms with Crippen LogP contribution in [-0.2, 0) is 6.18 Å². The van der Waals surface area contributed by atoms with Crippen LogP contribution in [0.3, 0.4) is 0 Å². The number of carboxylic acids is 2. The molecule has 110 valence electrons. The Morgan fingerprint density at radius 1 is 1.05 bits per heavy atom. The second-order valence-corrected chi connectivity index (χ2v) is 3.36. The van der Waals surface area contributed by atoms with Crippen LogP contribution in [0.2, 0.25) is 0 Å². The maximum absolute atomic E-state index is 12.8. The molecule has 0 radical (unpaired) electrons. The summed E-state index contributed by atoms with van der Waals surface area (Å²) in [6.45, 7) is 0. The van der Waals surface area contributed by atoms with E-state index < -0.39 is 46.6 Å². The van der Waals surface area contributed by atoms with Gasteiger partial charge in [0.25, 0.3) is 0 Å². The Kier molecular flexibility index (Phi) is 4.06. The van der Waals surface area contributed by atoms with E-state index in [1.807, 2.05) is 0 Å². The van der Waals surface area contributed by atoms with Crippen molar-refractivity contribution < 1.29 is 42.4 Å². The van der Waals surface area contributed by atoms with Crippen molar-refractivity contribution in [1.29, 1.82) is 0 Å². The lowest BCUT2D eigenvalue weighted by Crippen LogP contribution is -2.20. The summed E-state index contributed by atoms with van der Waals surface area (Å²) in [7, 11) is 1.74. The zero-order valence-corrected chi connectivity index (χ0v) is 10.1. The summed E-state index contributed by atoms with van der Waals surface area (Å²) in [5.41, 5.74) is -4.10. The number of pyridine rings is 1. The van der Waals surface area contributed by atoms with Gasteiger partial charge in [0, 0.05) is 0 Å². The SMILES string of the molecule is COc1nc(C(F)(F)F)c(C(=O)O)c(OC)c1C(=O)O. The number of hydrogen-bond acceptors (Lipinski definition) is 5. The van der Waals surface area contributed by atoms with E-state index in [0.717, 1.165) is 14.2 Å². The monoisotopic (exact) mass is 295 g/mol. The normalized spacial score (nSPS) is 11.1. The first-order chi connectivity index (χ1) is 9.15. The van der Waals surface area contributed by atoms with Crippen LogP contribution in [0.15, 0.2) is 0 Å². The fraction of sp³-hybridized carbons (Fsp3) is 0.300. The molecule has 20 heavy (non-hydrogen) atoms. The molecule has 0 fully saturated rings. The van der Waals surface area contributed by atoms with Gasteiger partial charge in [-0.15, -0.1) is 0 Å². The first-order valence-electron chi connectivity index (χ1n) is 4.84. The van der Waals surface area contributed by atoms with Crippen LogP contribution in [0.1, 0.15) is 26.4 Å². The van der Waals surface area contributed by atoms with Gasteiger partial charge in [-0.3, -0.25) is 0 Å². The average Bonchev–Trinajstić information content (AvgIpc) is 2.34. The van der Waals surface area contributed by atoms with Gasteiger partial charge in [0.2, 0.25) is 5.88 Å². The number of halogens is 3. The van der Waals surface area contributed by atoms with Gasteiger partial charge >= 0.3 is 18.1 Å². The van der Waals surface area contributed by atoms with E-state index in [4.69, 9.17) is 10.2 Å². The number of aromatic nitrogens is 1. The van der Waals surface area contributed by atoms with E-state index in [2.05, 4.69) is 14.5 Å². The molecular weight excluding hydrogens is 287 g/mol. The van der Waals surface area contributed by atoms with E-state index in [-0.39, 0.29) is 0 Å². The molecule has 0 saturated heterocycles. The van der Waals surface area contributed by atoms with Crippen molar-refractivity contribution in [3.05, 3.63) is 16.8 Å². The quantitative estimate of drug-likeness (QED) is 0.867. The molecule has 0 bridgehead atoms. The minimum Gasteiger partial charge on any atom is -0.495 e. The number of rotatable bonds is 4. The second kappa shape index (κ2) is 5.23. The lowest BCUT2D eigenvalue weighted by molar-refractivity contribution is -0.142. The summed E-state index contributed by atoms with van der Waals surface area (Å²) < 4.78 is 47.3. The predicted octanol–water partition coefficient (Wildman–Crippen LogP) is 1.51. The Bertz CT molecular complexity index is 569. The summed E-state index contributed by atoms with van der Waals surface area (Å²) in [5.74, 6) is -5.63. The Hall–Kier alpha value is -2.52. The van der Waals surface area contributed by atoms with Gasteiger partial charge in [-0.05, 0) is 0 Å². The lowest BCUT2D eigenvalue weighted by atomic mass is 10.1. The molecule has 2 N–H and O–H groups in total. The number of carboxylic acid groups (broad SMARTS) is 2. The highest BCUT2D eigenvalue weighted by Gasteiger charge is 2.42. The van der Waals surface area contributed by atoms with Crippen LogP contribution in [0, 0.1) is 0 Å². The van der Waals surface area contributed by atoms with Crippen LogP contribution in [0.5, 0.6) is 11.6 Å². The topological polar surface area (TPSA) is 106 Å². The minimum atomic E-state index is -5.12. The molecule has 0 unspecified atom stereocenters. The predicted molar refractivity (Wildman–Crippen MR) is 56.3 cm³/mol. The summed E-state index contributed by atoms with van der Waals surface area (Å²) in [6, 6.07) is 0. The maximum atomic E-state index is 12.8. The molecule has 0 amide bonds. The van der Waals surface area contributed by atoms with Gasteiger partial charge < -0.3 is 19.7 Å². The molecule has 1 aromatic heterocycles. The Morgan fingerprint density at radius 3 is 1.85 bits per heavy atom. The second-order valence-electron chi connectivity index (χ2n) is 3.36. The van der Waals surface area contributed by atoms with E-state index in [1.54, 1.807) is 0 Å². The number of hydrogen-bond donors (Lipinski definition) is 2. The Labute approximate surface area is 109 Å². The molecule has 0 aliphatic rings. The third kappa shape index (κ3) is 2.58. The summed E-state index contributed by atoms with van der Waals surface area (Å²) in [6.07, 6.45) is -5.12. The minimum absolute atomic E-state index is 0.841. The number of methoxy groups -OCH3 is 2. The number of alkyl halides is 3. The van der Waals surface area contributed by atoms with Crippen LogP contribution >= 0.6 is 0 Å². The third-order valence-corrected chi connectivity index (χ3v) is 2.21. The first-order valence-corrected chi connectivity index (χ1v) is 4.84. The van der Waals surface area contributed by atoms with Crippen molar-refractivity contribution >= 4 is 11.9 Å². The summed E-state index contributed by atoms with van der Waals surface area (Å²) in [5, 5.41) is 17.8. The molecule has 10 heteroatoms. The van der Waals surface area contributed by atoms with Crippen molar-refractivity contribution in [2.45, 2.75) is 6.18 Å². The van der Waals surface area contributed by atoms with Gasteiger partial charge in [0.1, 0.15) is 5.56 Å². The highest BCUT2D eigenvalue weighted by molar-refractivity contribution is 6.01. The highest BCUT2D eigenvalue weighted by Crippen LogP contribution is 2.39. The molecule has 0 aliphatic heterocycles. The van der Waals surface area contributed by atoms with Gasteiger partial charge in [0.05, 0.1) is 14.2 Å². The van der Waals surface area contributed by atoms with Crippen molar-refractivity contribution in [3.8, 4) is 11.6 Å². The van der Waals surface area contributed by atoms with E-state index in [0.29, 0.717) is 0 Å². The van der Waals surface area contributed by atoms with Crippen molar-refractivity contribution in [2.75, 3.05) is 14.2 Å². The van der Waals surface area contributed by atoms with Gasteiger partial charge in [-0.1, -0.05) is 0 Å². The van der Waals surface area contributed by atoms with Crippen LogP contribution in [0.4, 0.5) is 13.2 Å². The average molecular weight is 295 g/mol. The zero-order valence-electron chi connectivity index (χ0n) is 10.1. The highest BCUT2D eigenvalue weighted by atomic mass is 19.4. The molecule has 1 aromatic rings. The van der Waals surface area contributed by atoms with Crippen molar-refractivity contribution in [2.24, 2.45) is 0 Å². The van der Waals surface area contributed by atoms with Gasteiger partial charge in [-0.2, -0.15) is 13.2 Å². The fourth-order valence-corrected chi connectivity index (χ4v) is 1.49. The maximum Gasteiger partial charge on any atom is 0.434 e. The van der Waals surface area contributed by atoms with E-state index in [9.17, 15) is 22.8 Å². The van der Waals surface area contributed by atoms with Crippen LogP contribution < -0.4 is 9.47 Å². The molecule has 0 aromatic carbocycles. The Morgan fingerprint density at radius 2 is 1.55 bits per heavy atom. The van der Waals surface area contributed by atoms with Crippen molar-refractivity contribution in [3.63, 3.8) is 0 Å². The Balaban J connectivity index is 3.91. The fourth-order valence-electron chi connectivity index (χ4n) is 1.49. The number of ether oxygens (including phenoxy) is 2. The molecule has 1 heterocycles. The van der Waals surface area contributed by atoms with E-state index >= 15 is 0 Å².